The number of nitrogens with zero attached hydrogens (tertiary/aromatic N) is 3. The molecule has 1 amide bonds. The second-order valence-electron chi connectivity index (χ2n) is 6.05. The highest BCUT2D eigenvalue weighted by Crippen LogP contribution is 2.19. The van der Waals surface area contributed by atoms with Gasteiger partial charge < -0.3 is 14.3 Å². The lowest BCUT2D eigenvalue weighted by Crippen LogP contribution is -2.22. The van der Waals surface area contributed by atoms with E-state index >= 15 is 0 Å². The van der Waals surface area contributed by atoms with E-state index in [9.17, 15) is 9.18 Å². The van der Waals surface area contributed by atoms with Crippen molar-refractivity contribution in [2.75, 3.05) is 0 Å². The van der Waals surface area contributed by atoms with Crippen LogP contribution in [0.5, 0.6) is 0 Å². The van der Waals surface area contributed by atoms with Crippen LogP contribution < -0.4 is 5.32 Å². The average Bonchev–Trinajstić information content (AvgIpc) is 3.36. The Morgan fingerprint density at radius 3 is 2.68 bits per heavy atom. The second-order valence-corrected chi connectivity index (χ2v) is 6.05. The molecular formula is C20H15FN4O3. The quantitative estimate of drug-likeness (QED) is 0.568. The minimum Gasteiger partial charge on any atom is -0.444 e. The lowest BCUT2D eigenvalue weighted by Gasteiger charge is -2.04. The summed E-state index contributed by atoms with van der Waals surface area (Å²) in [4.78, 5) is 20.9. The van der Waals surface area contributed by atoms with E-state index in [1.165, 1.54) is 18.4 Å². The Morgan fingerprint density at radius 2 is 1.93 bits per heavy atom. The number of aromatic nitrogens is 3. The molecule has 0 saturated heterocycles. The molecule has 2 aromatic carbocycles. The average molecular weight is 378 g/mol. The molecule has 28 heavy (non-hydrogen) atoms. The van der Waals surface area contributed by atoms with Crippen molar-refractivity contribution in [3.05, 3.63) is 77.8 Å². The largest absolute Gasteiger partial charge is 0.444 e. The fraction of sp³-hybridized carbons (Fsp3) is 0.100. The van der Waals surface area contributed by atoms with E-state index in [-0.39, 0.29) is 18.3 Å². The molecule has 0 fully saturated rings. The van der Waals surface area contributed by atoms with Gasteiger partial charge in [-0.05, 0) is 36.4 Å². The monoisotopic (exact) mass is 378 g/mol. The minimum atomic E-state index is -0.332. The molecule has 7 nitrogen and oxygen atoms in total. The summed E-state index contributed by atoms with van der Waals surface area (Å²) in [5, 5.41) is 6.64. The summed E-state index contributed by atoms with van der Waals surface area (Å²) in [5.41, 5.74) is 2.35. The van der Waals surface area contributed by atoms with Crippen molar-refractivity contribution in [1.29, 1.82) is 0 Å². The molecule has 0 spiro atoms. The summed E-state index contributed by atoms with van der Waals surface area (Å²) in [5.74, 6) is 0.633. The predicted octanol–water partition coefficient (Wildman–Crippen LogP) is 3.77. The van der Waals surface area contributed by atoms with E-state index in [1.807, 2.05) is 0 Å². The number of hydrogen-bond acceptors (Lipinski definition) is 6. The number of nitrogens with one attached hydrogen (secondary N) is 1. The van der Waals surface area contributed by atoms with Crippen LogP contribution in [0.4, 0.5) is 4.39 Å². The number of halogens is 1. The van der Waals surface area contributed by atoms with Crippen LogP contribution >= 0.6 is 0 Å². The zero-order valence-electron chi connectivity index (χ0n) is 14.8. The highest BCUT2D eigenvalue weighted by molar-refractivity contribution is 5.95. The van der Waals surface area contributed by atoms with Crippen LogP contribution in [0.3, 0.4) is 0 Å². The number of carbonyl (C=O) groups excluding carboxylic acids is 1. The van der Waals surface area contributed by atoms with Gasteiger partial charge in [-0.2, -0.15) is 4.98 Å². The standard InChI is InChI=1S/C20H15FN4O3/c1-12-23-18(25-28-12)14-3-2-4-15(9-14)19(26)22-10-17-11-27-20(24-17)13-5-7-16(21)8-6-13/h2-9,11H,10H2,1H3,(H,22,26). The second kappa shape index (κ2) is 7.43. The van der Waals surface area contributed by atoms with Crippen molar-refractivity contribution in [3.8, 4) is 22.8 Å². The van der Waals surface area contributed by atoms with Gasteiger partial charge in [-0.15, -0.1) is 0 Å². The number of oxazole rings is 1. The van der Waals surface area contributed by atoms with Gasteiger partial charge in [0.2, 0.25) is 17.6 Å². The summed E-state index contributed by atoms with van der Waals surface area (Å²) in [6.07, 6.45) is 1.46. The van der Waals surface area contributed by atoms with Crippen molar-refractivity contribution >= 4 is 5.91 Å². The van der Waals surface area contributed by atoms with Crippen LogP contribution in [0.25, 0.3) is 22.8 Å². The lowest BCUT2D eigenvalue weighted by molar-refractivity contribution is 0.0950. The van der Waals surface area contributed by atoms with E-state index in [2.05, 4.69) is 20.4 Å². The molecule has 0 saturated carbocycles. The molecule has 0 aliphatic rings. The topological polar surface area (TPSA) is 94.1 Å². The molecule has 0 radical (unpaired) electrons. The van der Waals surface area contributed by atoms with Crippen LogP contribution in [0.1, 0.15) is 21.9 Å². The summed E-state index contributed by atoms with van der Waals surface area (Å²) in [6.45, 7) is 1.89. The Balaban J connectivity index is 1.43. The van der Waals surface area contributed by atoms with Gasteiger partial charge in [-0.1, -0.05) is 17.3 Å². The first kappa shape index (κ1) is 17.6. The summed E-state index contributed by atoms with van der Waals surface area (Å²) in [6, 6.07) is 12.7. The molecule has 4 aromatic rings. The molecule has 2 heterocycles. The van der Waals surface area contributed by atoms with Gasteiger partial charge in [0.15, 0.2) is 0 Å². The normalized spacial score (nSPS) is 10.8. The lowest BCUT2D eigenvalue weighted by atomic mass is 10.1. The van der Waals surface area contributed by atoms with Crippen molar-refractivity contribution in [2.45, 2.75) is 13.5 Å². The Morgan fingerprint density at radius 1 is 1.11 bits per heavy atom. The fourth-order valence-electron chi connectivity index (χ4n) is 2.60. The maximum absolute atomic E-state index is 13.0. The van der Waals surface area contributed by atoms with E-state index in [4.69, 9.17) is 8.94 Å². The van der Waals surface area contributed by atoms with E-state index in [1.54, 1.807) is 43.3 Å². The number of hydrogen-bond donors (Lipinski definition) is 1. The summed E-state index contributed by atoms with van der Waals surface area (Å²) >= 11 is 0. The Kier molecular flexibility index (Phi) is 4.67. The summed E-state index contributed by atoms with van der Waals surface area (Å²) < 4.78 is 23.4. The molecule has 1 N–H and O–H groups in total. The highest BCUT2D eigenvalue weighted by Gasteiger charge is 2.12. The molecule has 8 heteroatoms. The van der Waals surface area contributed by atoms with E-state index < -0.39 is 0 Å². The minimum absolute atomic E-state index is 0.190. The van der Waals surface area contributed by atoms with Gasteiger partial charge in [0.25, 0.3) is 5.91 Å². The van der Waals surface area contributed by atoms with Crippen LogP contribution in [0, 0.1) is 12.7 Å². The first-order valence-corrected chi connectivity index (χ1v) is 8.48. The van der Waals surface area contributed by atoms with Gasteiger partial charge in [0.05, 0.1) is 12.2 Å². The number of aryl methyl sites for hydroxylation is 1. The van der Waals surface area contributed by atoms with Crippen molar-refractivity contribution in [1.82, 2.24) is 20.4 Å². The number of benzene rings is 2. The van der Waals surface area contributed by atoms with Crippen LogP contribution in [0.15, 0.2) is 63.7 Å². The van der Waals surface area contributed by atoms with Crippen molar-refractivity contribution < 1.29 is 18.1 Å². The molecule has 0 bridgehead atoms. The first-order valence-electron chi connectivity index (χ1n) is 8.48. The third-order valence-electron chi connectivity index (χ3n) is 3.98. The van der Waals surface area contributed by atoms with E-state index in [0.29, 0.717) is 40.0 Å². The Hall–Kier alpha value is -3.81. The zero-order valence-corrected chi connectivity index (χ0v) is 14.8. The Bertz CT molecular complexity index is 1120. The molecule has 4 rings (SSSR count). The molecule has 0 atom stereocenters. The molecule has 2 aromatic heterocycles. The van der Waals surface area contributed by atoms with Gasteiger partial charge in [-0.3, -0.25) is 4.79 Å². The molecule has 0 aliphatic carbocycles. The van der Waals surface area contributed by atoms with Gasteiger partial charge in [0.1, 0.15) is 12.1 Å². The van der Waals surface area contributed by atoms with Crippen LogP contribution in [-0.4, -0.2) is 21.0 Å². The number of carbonyl (C=O) groups is 1. The van der Waals surface area contributed by atoms with Crippen molar-refractivity contribution in [2.24, 2.45) is 0 Å². The number of amides is 1. The molecular weight excluding hydrogens is 363 g/mol. The molecule has 140 valence electrons. The maximum Gasteiger partial charge on any atom is 0.251 e. The number of rotatable bonds is 5. The van der Waals surface area contributed by atoms with Gasteiger partial charge >= 0.3 is 0 Å². The third-order valence-corrected chi connectivity index (χ3v) is 3.98. The molecule has 0 unspecified atom stereocenters. The summed E-state index contributed by atoms with van der Waals surface area (Å²) in [7, 11) is 0. The fourth-order valence-corrected chi connectivity index (χ4v) is 2.60. The van der Waals surface area contributed by atoms with Gasteiger partial charge in [0, 0.05) is 23.6 Å². The van der Waals surface area contributed by atoms with Crippen LogP contribution in [-0.2, 0) is 6.54 Å². The van der Waals surface area contributed by atoms with Crippen molar-refractivity contribution in [3.63, 3.8) is 0 Å². The van der Waals surface area contributed by atoms with Crippen LogP contribution in [0.2, 0.25) is 0 Å². The SMILES string of the molecule is Cc1nc(-c2cccc(C(=O)NCc3coc(-c4ccc(F)cc4)n3)c2)no1. The van der Waals surface area contributed by atoms with E-state index in [0.717, 1.165) is 0 Å². The Labute approximate surface area is 159 Å². The smallest absolute Gasteiger partial charge is 0.251 e. The first-order chi connectivity index (χ1) is 13.6. The van der Waals surface area contributed by atoms with Gasteiger partial charge in [-0.25, -0.2) is 9.37 Å². The highest BCUT2D eigenvalue weighted by atomic mass is 19.1. The molecule has 0 aliphatic heterocycles. The zero-order chi connectivity index (χ0) is 19.5. The maximum atomic E-state index is 13.0. The predicted molar refractivity (Wildman–Crippen MR) is 97.5 cm³/mol. The third kappa shape index (κ3) is 3.80.